The molecule has 1 heteroatoms. The molecule has 0 fully saturated rings. The van der Waals surface area contributed by atoms with Crippen LogP contribution in [0.5, 0.6) is 0 Å². The number of aryl methyl sites for hydroxylation is 1. The van der Waals surface area contributed by atoms with E-state index >= 15 is 0 Å². The summed E-state index contributed by atoms with van der Waals surface area (Å²) in [5.41, 5.74) is 1.69. The minimum Gasteiger partial charge on any atom is -0.385 e. The lowest BCUT2D eigenvalue weighted by atomic mass is 9.92. The first-order chi connectivity index (χ1) is 6.60. The molecule has 14 heavy (non-hydrogen) atoms. The average Bonchev–Trinajstić information content (AvgIpc) is 2.19. The Kier molecular flexibility index (Phi) is 3.70. The summed E-state index contributed by atoms with van der Waals surface area (Å²) in [6.45, 7) is 6.04. The Hall–Kier alpha value is -0.820. The number of hydrogen-bond donors (Lipinski definition) is 1. The van der Waals surface area contributed by atoms with Gasteiger partial charge in [0.15, 0.2) is 0 Å². The van der Waals surface area contributed by atoms with Gasteiger partial charge in [-0.15, -0.1) is 0 Å². The van der Waals surface area contributed by atoms with Crippen molar-refractivity contribution in [2.75, 3.05) is 0 Å². The highest BCUT2D eigenvalue weighted by atomic mass is 16.3. The van der Waals surface area contributed by atoms with Crippen molar-refractivity contribution in [2.45, 2.75) is 45.6 Å². The second-order valence-corrected chi connectivity index (χ2v) is 4.07. The summed E-state index contributed by atoms with van der Waals surface area (Å²) in [5.74, 6) is 0. The summed E-state index contributed by atoms with van der Waals surface area (Å²) < 4.78 is 0. The Balaban J connectivity index is 2.82. The van der Waals surface area contributed by atoms with E-state index in [1.807, 2.05) is 26.0 Å². The van der Waals surface area contributed by atoms with Crippen LogP contribution in [0.4, 0.5) is 0 Å². The van der Waals surface area contributed by atoms with Crippen molar-refractivity contribution in [3.8, 4) is 0 Å². The minimum absolute atomic E-state index is 0.676. The maximum Gasteiger partial charge on any atom is 0.0865 e. The molecule has 1 atom stereocenters. The third-order valence-corrected chi connectivity index (χ3v) is 2.80. The molecule has 1 aromatic rings. The van der Waals surface area contributed by atoms with Crippen LogP contribution in [0.15, 0.2) is 24.3 Å². The van der Waals surface area contributed by atoms with E-state index in [0.717, 1.165) is 18.4 Å². The van der Waals surface area contributed by atoms with Crippen LogP contribution in [0, 0.1) is 0 Å². The molecule has 0 unspecified atom stereocenters. The van der Waals surface area contributed by atoms with Gasteiger partial charge in [0.05, 0.1) is 5.60 Å². The summed E-state index contributed by atoms with van der Waals surface area (Å²) in [5, 5.41) is 10.0. The predicted octanol–water partition coefficient (Wildman–Crippen LogP) is 3.26. The summed E-state index contributed by atoms with van der Waals surface area (Å²) in [6.07, 6.45) is 3.04. The molecule has 0 heterocycles. The van der Waals surface area contributed by atoms with Crippen LogP contribution in [0.25, 0.3) is 0 Å². The van der Waals surface area contributed by atoms with E-state index in [1.54, 1.807) is 0 Å². The maximum absolute atomic E-state index is 10.0. The molecule has 0 aliphatic carbocycles. The van der Waals surface area contributed by atoms with Gasteiger partial charge < -0.3 is 5.11 Å². The number of rotatable bonds is 4. The normalized spacial score (nSPS) is 15.1. The molecular weight excluding hydrogens is 172 g/mol. The van der Waals surface area contributed by atoms with E-state index in [4.69, 9.17) is 0 Å². The molecular formula is C13H20O. The van der Waals surface area contributed by atoms with Crippen LogP contribution >= 0.6 is 0 Å². The van der Waals surface area contributed by atoms with Gasteiger partial charge >= 0.3 is 0 Å². The Morgan fingerprint density at radius 1 is 1.14 bits per heavy atom. The van der Waals surface area contributed by atoms with Crippen LogP contribution < -0.4 is 0 Å². The van der Waals surface area contributed by atoms with Gasteiger partial charge in [-0.1, -0.05) is 44.5 Å². The monoisotopic (exact) mass is 192 g/mol. The number of benzene rings is 1. The second-order valence-electron chi connectivity index (χ2n) is 4.07. The summed E-state index contributed by atoms with van der Waals surface area (Å²) in [6, 6.07) is 8.30. The fourth-order valence-corrected chi connectivity index (χ4v) is 1.52. The molecule has 0 aliphatic rings. The highest BCUT2D eigenvalue weighted by molar-refractivity contribution is 5.26. The Morgan fingerprint density at radius 3 is 2.14 bits per heavy atom. The van der Waals surface area contributed by atoms with Gasteiger partial charge in [-0.05, 0) is 30.9 Å². The molecule has 1 rings (SSSR count). The van der Waals surface area contributed by atoms with Crippen LogP contribution in [-0.2, 0) is 12.0 Å². The van der Waals surface area contributed by atoms with Crippen molar-refractivity contribution in [1.29, 1.82) is 0 Å². The third kappa shape index (κ3) is 2.58. The van der Waals surface area contributed by atoms with Gasteiger partial charge in [0.1, 0.15) is 0 Å². The van der Waals surface area contributed by atoms with Crippen LogP contribution in [0.1, 0.15) is 44.7 Å². The SMILES string of the molecule is CCCc1ccc([C@@](C)(O)CC)cc1. The molecule has 78 valence electrons. The van der Waals surface area contributed by atoms with Gasteiger partial charge in [0, 0.05) is 0 Å². The summed E-state index contributed by atoms with van der Waals surface area (Å²) in [4.78, 5) is 0. The molecule has 0 radical (unpaired) electrons. The molecule has 0 bridgehead atoms. The minimum atomic E-state index is -0.676. The van der Waals surface area contributed by atoms with E-state index < -0.39 is 5.60 Å². The Morgan fingerprint density at radius 2 is 1.71 bits per heavy atom. The molecule has 0 saturated carbocycles. The molecule has 0 spiro atoms. The highest BCUT2D eigenvalue weighted by Crippen LogP contribution is 2.24. The molecule has 1 aromatic carbocycles. The molecule has 0 aromatic heterocycles. The quantitative estimate of drug-likeness (QED) is 0.776. The van der Waals surface area contributed by atoms with Gasteiger partial charge in [-0.3, -0.25) is 0 Å². The lowest BCUT2D eigenvalue weighted by Gasteiger charge is -2.21. The van der Waals surface area contributed by atoms with Crippen molar-refractivity contribution in [3.63, 3.8) is 0 Å². The van der Waals surface area contributed by atoms with Crippen LogP contribution in [-0.4, -0.2) is 5.11 Å². The van der Waals surface area contributed by atoms with Crippen molar-refractivity contribution in [1.82, 2.24) is 0 Å². The van der Waals surface area contributed by atoms with E-state index in [9.17, 15) is 5.11 Å². The molecule has 1 nitrogen and oxygen atoms in total. The first kappa shape index (κ1) is 11.3. The van der Waals surface area contributed by atoms with E-state index in [2.05, 4.69) is 19.1 Å². The molecule has 1 N–H and O–H groups in total. The maximum atomic E-state index is 10.0. The highest BCUT2D eigenvalue weighted by Gasteiger charge is 2.19. The van der Waals surface area contributed by atoms with Crippen molar-refractivity contribution < 1.29 is 5.11 Å². The van der Waals surface area contributed by atoms with Gasteiger partial charge in [-0.2, -0.15) is 0 Å². The molecule has 0 aliphatic heterocycles. The lowest BCUT2D eigenvalue weighted by molar-refractivity contribution is 0.0531. The molecule has 0 amide bonds. The Labute approximate surface area is 86.8 Å². The van der Waals surface area contributed by atoms with Crippen molar-refractivity contribution in [2.24, 2.45) is 0 Å². The zero-order chi connectivity index (χ0) is 10.6. The van der Waals surface area contributed by atoms with Crippen LogP contribution in [0.2, 0.25) is 0 Å². The first-order valence-electron chi connectivity index (χ1n) is 5.42. The smallest absolute Gasteiger partial charge is 0.0865 e. The number of aliphatic hydroxyl groups is 1. The zero-order valence-corrected chi connectivity index (χ0v) is 9.38. The standard InChI is InChI=1S/C13H20O/c1-4-6-11-7-9-12(10-8-11)13(3,14)5-2/h7-10,14H,4-6H2,1-3H3/t13-/m0/s1. The topological polar surface area (TPSA) is 20.2 Å². The fraction of sp³-hybridized carbons (Fsp3) is 0.538. The third-order valence-electron chi connectivity index (χ3n) is 2.80. The largest absolute Gasteiger partial charge is 0.385 e. The van der Waals surface area contributed by atoms with Gasteiger partial charge in [0.2, 0.25) is 0 Å². The number of hydrogen-bond acceptors (Lipinski definition) is 1. The Bertz CT molecular complexity index is 272. The first-order valence-corrected chi connectivity index (χ1v) is 5.42. The van der Waals surface area contributed by atoms with E-state index in [0.29, 0.717) is 0 Å². The van der Waals surface area contributed by atoms with Crippen molar-refractivity contribution >= 4 is 0 Å². The second kappa shape index (κ2) is 4.61. The zero-order valence-electron chi connectivity index (χ0n) is 9.38. The van der Waals surface area contributed by atoms with Crippen LogP contribution in [0.3, 0.4) is 0 Å². The van der Waals surface area contributed by atoms with E-state index in [1.165, 1.54) is 12.0 Å². The summed E-state index contributed by atoms with van der Waals surface area (Å²) >= 11 is 0. The molecule has 0 saturated heterocycles. The van der Waals surface area contributed by atoms with E-state index in [-0.39, 0.29) is 0 Å². The predicted molar refractivity (Wildman–Crippen MR) is 60.3 cm³/mol. The van der Waals surface area contributed by atoms with Gasteiger partial charge in [0.25, 0.3) is 0 Å². The fourth-order valence-electron chi connectivity index (χ4n) is 1.52. The average molecular weight is 192 g/mol. The summed E-state index contributed by atoms with van der Waals surface area (Å²) in [7, 11) is 0. The lowest BCUT2D eigenvalue weighted by Crippen LogP contribution is -2.19. The van der Waals surface area contributed by atoms with Crippen molar-refractivity contribution in [3.05, 3.63) is 35.4 Å². The van der Waals surface area contributed by atoms with Gasteiger partial charge in [-0.25, -0.2) is 0 Å².